The summed E-state index contributed by atoms with van der Waals surface area (Å²) in [4.78, 5) is 9.53. The quantitative estimate of drug-likeness (QED) is 0.767. The Morgan fingerprint density at radius 2 is 1.80 bits per heavy atom. The van der Waals surface area contributed by atoms with Crippen LogP contribution in [0.4, 0.5) is 4.39 Å². The number of hydrogen-bond acceptors (Lipinski definition) is 3. The van der Waals surface area contributed by atoms with Crippen LogP contribution >= 0.6 is 15.9 Å². The summed E-state index contributed by atoms with van der Waals surface area (Å²) in [5.41, 5.74) is 2.03. The molecule has 0 spiro atoms. The molecule has 5 heteroatoms. The summed E-state index contributed by atoms with van der Waals surface area (Å²) in [5.74, 6) is 0.356. The number of piperazine rings is 1. The molecule has 1 aliphatic carbocycles. The molecule has 0 amide bonds. The van der Waals surface area contributed by atoms with Crippen LogP contribution in [-0.2, 0) is 6.54 Å². The summed E-state index contributed by atoms with van der Waals surface area (Å²) in [6.45, 7) is 5.29. The van der Waals surface area contributed by atoms with Gasteiger partial charge in [-0.2, -0.15) is 0 Å². The molecule has 1 aromatic heterocycles. The van der Waals surface area contributed by atoms with Crippen molar-refractivity contribution in [1.82, 2.24) is 14.8 Å². The van der Waals surface area contributed by atoms with Crippen molar-refractivity contribution in [1.29, 1.82) is 0 Å². The SMILES string of the molecule is Fc1ccccc1C1CC(N2CCN(Cc3ccc(Br)cn3)CC2)C1. The van der Waals surface area contributed by atoms with Crippen molar-refractivity contribution in [3.8, 4) is 0 Å². The van der Waals surface area contributed by atoms with Crippen LogP contribution in [0.2, 0.25) is 0 Å². The fraction of sp³-hybridized carbons (Fsp3) is 0.450. The van der Waals surface area contributed by atoms with Crippen LogP contribution in [0.1, 0.15) is 30.0 Å². The highest BCUT2D eigenvalue weighted by atomic mass is 79.9. The van der Waals surface area contributed by atoms with Gasteiger partial charge in [0, 0.05) is 49.4 Å². The van der Waals surface area contributed by atoms with Crippen LogP contribution in [-0.4, -0.2) is 47.0 Å². The second-order valence-corrected chi connectivity index (χ2v) is 8.04. The van der Waals surface area contributed by atoms with Crippen molar-refractivity contribution in [3.63, 3.8) is 0 Å². The van der Waals surface area contributed by atoms with E-state index in [1.165, 1.54) is 0 Å². The highest BCUT2D eigenvalue weighted by Crippen LogP contribution is 2.40. The van der Waals surface area contributed by atoms with Crippen LogP contribution in [0.5, 0.6) is 0 Å². The van der Waals surface area contributed by atoms with E-state index in [1.807, 2.05) is 18.3 Å². The maximum atomic E-state index is 13.9. The smallest absolute Gasteiger partial charge is 0.126 e. The Labute approximate surface area is 157 Å². The van der Waals surface area contributed by atoms with Gasteiger partial charge < -0.3 is 0 Å². The van der Waals surface area contributed by atoms with Crippen molar-refractivity contribution in [2.75, 3.05) is 26.2 Å². The largest absolute Gasteiger partial charge is 0.298 e. The van der Waals surface area contributed by atoms with E-state index in [2.05, 4.69) is 42.8 Å². The first-order valence-corrected chi connectivity index (χ1v) is 9.79. The molecule has 0 unspecified atom stereocenters. The zero-order chi connectivity index (χ0) is 17.2. The molecule has 1 aliphatic heterocycles. The molecular formula is C20H23BrFN3. The molecule has 2 aromatic rings. The third kappa shape index (κ3) is 3.94. The Kier molecular flexibility index (Phi) is 5.15. The lowest BCUT2D eigenvalue weighted by Gasteiger charge is -2.46. The number of benzene rings is 1. The van der Waals surface area contributed by atoms with Crippen molar-refractivity contribution in [3.05, 3.63) is 64.1 Å². The van der Waals surface area contributed by atoms with E-state index < -0.39 is 0 Å². The molecule has 1 saturated carbocycles. The summed E-state index contributed by atoms with van der Waals surface area (Å²) in [6.07, 6.45) is 4.05. The predicted octanol–water partition coefficient (Wildman–Crippen LogP) is 4.05. The molecule has 132 valence electrons. The number of hydrogen-bond donors (Lipinski definition) is 0. The maximum absolute atomic E-state index is 13.9. The number of rotatable bonds is 4. The van der Waals surface area contributed by atoms with Gasteiger partial charge in [-0.1, -0.05) is 18.2 Å². The first-order valence-electron chi connectivity index (χ1n) is 9.00. The van der Waals surface area contributed by atoms with E-state index in [0.29, 0.717) is 12.0 Å². The molecule has 2 fully saturated rings. The van der Waals surface area contributed by atoms with Crippen LogP contribution in [0.25, 0.3) is 0 Å². The van der Waals surface area contributed by atoms with E-state index in [9.17, 15) is 4.39 Å². The van der Waals surface area contributed by atoms with Gasteiger partial charge in [-0.05, 0) is 58.5 Å². The number of halogens is 2. The lowest BCUT2D eigenvalue weighted by Crippen LogP contribution is -2.53. The first kappa shape index (κ1) is 17.1. The molecule has 3 nitrogen and oxygen atoms in total. The van der Waals surface area contributed by atoms with Crippen molar-refractivity contribution in [2.24, 2.45) is 0 Å². The van der Waals surface area contributed by atoms with Gasteiger partial charge in [0.15, 0.2) is 0 Å². The molecule has 0 atom stereocenters. The Morgan fingerprint density at radius 1 is 1.04 bits per heavy atom. The predicted molar refractivity (Wildman–Crippen MR) is 101 cm³/mol. The molecular weight excluding hydrogens is 381 g/mol. The zero-order valence-electron chi connectivity index (χ0n) is 14.2. The van der Waals surface area contributed by atoms with Crippen molar-refractivity contribution in [2.45, 2.75) is 31.3 Å². The van der Waals surface area contributed by atoms with Gasteiger partial charge >= 0.3 is 0 Å². The highest BCUT2D eigenvalue weighted by molar-refractivity contribution is 9.10. The molecule has 2 heterocycles. The Bertz CT molecular complexity index is 707. The van der Waals surface area contributed by atoms with E-state index >= 15 is 0 Å². The van der Waals surface area contributed by atoms with Crippen LogP contribution in [0.15, 0.2) is 47.1 Å². The highest BCUT2D eigenvalue weighted by Gasteiger charge is 2.36. The second kappa shape index (κ2) is 7.52. The Hall–Kier alpha value is -1.30. The third-order valence-corrected chi connectivity index (χ3v) is 6.02. The lowest BCUT2D eigenvalue weighted by atomic mass is 9.74. The fourth-order valence-corrected chi connectivity index (χ4v) is 4.20. The van der Waals surface area contributed by atoms with E-state index in [4.69, 9.17) is 0 Å². The van der Waals surface area contributed by atoms with Crippen molar-refractivity contribution >= 4 is 15.9 Å². The second-order valence-electron chi connectivity index (χ2n) is 7.12. The average molecular weight is 404 g/mol. The zero-order valence-corrected chi connectivity index (χ0v) is 15.8. The van der Waals surface area contributed by atoms with E-state index in [1.54, 1.807) is 12.1 Å². The lowest BCUT2D eigenvalue weighted by molar-refractivity contribution is 0.0477. The minimum Gasteiger partial charge on any atom is -0.298 e. The van der Waals surface area contributed by atoms with Gasteiger partial charge in [-0.15, -0.1) is 0 Å². The molecule has 1 aromatic carbocycles. The molecule has 25 heavy (non-hydrogen) atoms. The average Bonchev–Trinajstić information content (AvgIpc) is 2.59. The minimum atomic E-state index is -0.0437. The van der Waals surface area contributed by atoms with E-state index in [-0.39, 0.29) is 5.82 Å². The third-order valence-electron chi connectivity index (χ3n) is 5.56. The molecule has 2 aliphatic rings. The summed E-state index contributed by atoms with van der Waals surface area (Å²) < 4.78 is 14.9. The number of aromatic nitrogens is 1. The van der Waals surface area contributed by atoms with Gasteiger partial charge in [0.2, 0.25) is 0 Å². The van der Waals surface area contributed by atoms with Gasteiger partial charge in [0.05, 0.1) is 5.69 Å². The first-order chi connectivity index (χ1) is 12.2. The minimum absolute atomic E-state index is 0.0437. The molecule has 1 saturated heterocycles. The topological polar surface area (TPSA) is 19.4 Å². The molecule has 0 bridgehead atoms. The van der Waals surface area contributed by atoms with Gasteiger partial charge in [-0.3, -0.25) is 14.8 Å². The molecule has 0 N–H and O–H groups in total. The van der Waals surface area contributed by atoms with Gasteiger partial charge in [0.1, 0.15) is 5.82 Å². The Morgan fingerprint density at radius 3 is 2.48 bits per heavy atom. The summed E-state index contributed by atoms with van der Waals surface area (Å²) in [5, 5.41) is 0. The summed E-state index contributed by atoms with van der Waals surface area (Å²) in [7, 11) is 0. The van der Waals surface area contributed by atoms with Gasteiger partial charge in [-0.25, -0.2) is 4.39 Å². The van der Waals surface area contributed by atoms with Crippen LogP contribution in [0.3, 0.4) is 0 Å². The Balaban J connectivity index is 1.25. The number of pyridine rings is 1. The summed E-state index contributed by atoms with van der Waals surface area (Å²) in [6, 6.07) is 12.0. The van der Waals surface area contributed by atoms with Crippen LogP contribution in [0, 0.1) is 5.82 Å². The van der Waals surface area contributed by atoms with Crippen molar-refractivity contribution < 1.29 is 4.39 Å². The molecule has 0 radical (unpaired) electrons. The monoisotopic (exact) mass is 403 g/mol. The van der Waals surface area contributed by atoms with Crippen LogP contribution < -0.4 is 0 Å². The van der Waals surface area contributed by atoms with Gasteiger partial charge in [0.25, 0.3) is 0 Å². The molecule has 4 rings (SSSR count). The number of nitrogens with zero attached hydrogens (tertiary/aromatic N) is 3. The fourth-order valence-electron chi connectivity index (χ4n) is 3.96. The summed E-state index contributed by atoms with van der Waals surface area (Å²) >= 11 is 3.43. The van der Waals surface area contributed by atoms with E-state index in [0.717, 1.165) is 61.3 Å². The normalized spacial score (nSPS) is 24.9. The standard InChI is InChI=1S/C20H23BrFN3/c21-16-5-6-17(23-13-16)14-24-7-9-25(10-8-24)18-11-15(12-18)19-3-1-2-4-20(19)22/h1-6,13,15,18H,7-12,14H2. The maximum Gasteiger partial charge on any atom is 0.126 e.